The molecule has 0 aromatic heterocycles. The second-order valence-corrected chi connectivity index (χ2v) is 4.78. The average molecular weight is 306 g/mol. The van der Waals surface area contributed by atoms with Crippen molar-refractivity contribution in [3.63, 3.8) is 0 Å². The van der Waals surface area contributed by atoms with E-state index in [0.717, 1.165) is 5.56 Å². The van der Waals surface area contributed by atoms with Gasteiger partial charge in [0, 0.05) is 11.6 Å². The Morgan fingerprint density at radius 1 is 1.10 bits per heavy atom. The minimum absolute atomic E-state index is 0.0615. The highest BCUT2D eigenvalue weighted by Crippen LogP contribution is 2.25. The number of benzene rings is 2. The van der Waals surface area contributed by atoms with Gasteiger partial charge in [-0.25, -0.2) is 0 Å². The summed E-state index contributed by atoms with van der Waals surface area (Å²) in [6.07, 6.45) is 0. The Bertz CT molecular complexity index is 599. The van der Waals surface area contributed by atoms with E-state index in [4.69, 9.17) is 21.1 Å². The molecule has 5 heteroatoms. The van der Waals surface area contributed by atoms with Gasteiger partial charge in [0.05, 0.1) is 7.11 Å². The van der Waals surface area contributed by atoms with E-state index >= 15 is 0 Å². The first-order chi connectivity index (χ1) is 10.2. The number of rotatable bonds is 6. The number of nitrogens with one attached hydrogen (secondary N) is 1. The molecule has 4 nitrogen and oxygen atoms in total. The lowest BCUT2D eigenvalue weighted by Gasteiger charge is -2.10. The predicted molar refractivity (Wildman–Crippen MR) is 81.8 cm³/mol. The summed E-state index contributed by atoms with van der Waals surface area (Å²) in [7, 11) is 1.56. The number of methoxy groups -OCH3 is 1. The molecule has 0 radical (unpaired) electrons. The summed E-state index contributed by atoms with van der Waals surface area (Å²) >= 11 is 5.80. The lowest BCUT2D eigenvalue weighted by molar-refractivity contribution is -0.123. The monoisotopic (exact) mass is 305 g/mol. The molecule has 0 aliphatic carbocycles. The van der Waals surface area contributed by atoms with E-state index in [1.165, 1.54) is 0 Å². The highest BCUT2D eigenvalue weighted by Gasteiger charge is 2.06. The molecule has 1 N–H and O–H groups in total. The van der Waals surface area contributed by atoms with Crippen molar-refractivity contribution >= 4 is 17.5 Å². The van der Waals surface area contributed by atoms with E-state index in [1.54, 1.807) is 31.4 Å². The maximum absolute atomic E-state index is 11.8. The molecule has 0 atom stereocenters. The molecule has 0 saturated carbocycles. The van der Waals surface area contributed by atoms with Crippen molar-refractivity contribution in [1.82, 2.24) is 5.32 Å². The van der Waals surface area contributed by atoms with Crippen LogP contribution in [0, 0.1) is 0 Å². The van der Waals surface area contributed by atoms with Crippen molar-refractivity contribution in [2.45, 2.75) is 6.54 Å². The van der Waals surface area contributed by atoms with Crippen LogP contribution in [0.4, 0.5) is 0 Å². The van der Waals surface area contributed by atoms with Gasteiger partial charge >= 0.3 is 0 Å². The second kappa shape index (κ2) is 7.55. The van der Waals surface area contributed by atoms with Gasteiger partial charge in [0.2, 0.25) is 0 Å². The highest BCUT2D eigenvalue weighted by molar-refractivity contribution is 6.30. The number of hydrogen-bond acceptors (Lipinski definition) is 3. The van der Waals surface area contributed by atoms with Gasteiger partial charge in [-0.05, 0) is 29.8 Å². The lowest BCUT2D eigenvalue weighted by atomic mass is 10.2. The van der Waals surface area contributed by atoms with Crippen LogP contribution in [0.2, 0.25) is 5.02 Å². The van der Waals surface area contributed by atoms with Crippen LogP contribution in [0.3, 0.4) is 0 Å². The third-order valence-corrected chi connectivity index (χ3v) is 3.08. The Hall–Kier alpha value is -2.20. The Labute approximate surface area is 128 Å². The van der Waals surface area contributed by atoms with Gasteiger partial charge < -0.3 is 14.8 Å². The summed E-state index contributed by atoms with van der Waals surface area (Å²) in [4.78, 5) is 11.8. The fourth-order valence-corrected chi connectivity index (χ4v) is 1.86. The van der Waals surface area contributed by atoms with Gasteiger partial charge in [0.1, 0.15) is 0 Å². The fourth-order valence-electron chi connectivity index (χ4n) is 1.74. The van der Waals surface area contributed by atoms with E-state index in [1.807, 2.05) is 24.3 Å². The summed E-state index contributed by atoms with van der Waals surface area (Å²) in [5.41, 5.74) is 0.977. The van der Waals surface area contributed by atoms with E-state index in [0.29, 0.717) is 23.1 Å². The van der Waals surface area contributed by atoms with Crippen LogP contribution in [0.5, 0.6) is 11.5 Å². The van der Waals surface area contributed by atoms with Crippen molar-refractivity contribution < 1.29 is 14.3 Å². The Balaban J connectivity index is 1.81. The first kappa shape index (κ1) is 15.2. The molecule has 0 aliphatic heterocycles. The largest absolute Gasteiger partial charge is 0.493 e. The molecule has 0 bridgehead atoms. The van der Waals surface area contributed by atoms with Gasteiger partial charge in [-0.1, -0.05) is 35.9 Å². The van der Waals surface area contributed by atoms with Crippen LogP contribution in [-0.4, -0.2) is 19.6 Å². The third-order valence-electron chi connectivity index (χ3n) is 2.83. The van der Waals surface area contributed by atoms with Crippen molar-refractivity contribution in [3.05, 3.63) is 59.1 Å². The summed E-state index contributed by atoms with van der Waals surface area (Å²) < 4.78 is 10.6. The molecule has 0 spiro atoms. The zero-order valence-electron chi connectivity index (χ0n) is 11.6. The van der Waals surface area contributed by atoms with Gasteiger partial charge in [0.15, 0.2) is 18.1 Å². The van der Waals surface area contributed by atoms with E-state index in [9.17, 15) is 4.79 Å². The molecule has 21 heavy (non-hydrogen) atoms. The van der Waals surface area contributed by atoms with Crippen LogP contribution < -0.4 is 14.8 Å². The predicted octanol–water partition coefficient (Wildman–Crippen LogP) is 3.04. The third kappa shape index (κ3) is 4.68. The molecule has 2 aromatic carbocycles. The Morgan fingerprint density at radius 2 is 1.76 bits per heavy atom. The summed E-state index contributed by atoms with van der Waals surface area (Å²) in [5.74, 6) is 0.945. The number of carbonyl (C=O) groups excluding carboxylic acids is 1. The minimum Gasteiger partial charge on any atom is -0.493 e. The smallest absolute Gasteiger partial charge is 0.258 e. The first-order valence-electron chi connectivity index (χ1n) is 6.46. The van der Waals surface area contributed by atoms with Gasteiger partial charge in [-0.3, -0.25) is 4.79 Å². The molecule has 110 valence electrons. The molecule has 2 rings (SSSR count). The van der Waals surface area contributed by atoms with Gasteiger partial charge in [-0.2, -0.15) is 0 Å². The van der Waals surface area contributed by atoms with Crippen LogP contribution in [0.25, 0.3) is 0 Å². The second-order valence-electron chi connectivity index (χ2n) is 4.34. The van der Waals surface area contributed by atoms with Crippen molar-refractivity contribution in [3.8, 4) is 11.5 Å². The molecular weight excluding hydrogens is 290 g/mol. The molecule has 0 saturated heterocycles. The molecule has 2 aromatic rings. The standard InChI is InChI=1S/C16H16ClNO3/c1-20-14-4-2-3-5-15(14)21-11-16(19)18-10-12-6-8-13(17)9-7-12/h2-9H,10-11H2,1H3,(H,18,19). The van der Waals surface area contributed by atoms with Crippen molar-refractivity contribution in [1.29, 1.82) is 0 Å². The number of hydrogen-bond donors (Lipinski definition) is 1. The number of para-hydroxylation sites is 2. The zero-order chi connectivity index (χ0) is 15.1. The average Bonchev–Trinajstić information content (AvgIpc) is 2.52. The number of carbonyl (C=O) groups is 1. The maximum atomic E-state index is 11.8. The topological polar surface area (TPSA) is 47.6 Å². The van der Waals surface area contributed by atoms with E-state index in [2.05, 4.69) is 5.32 Å². The Morgan fingerprint density at radius 3 is 2.43 bits per heavy atom. The first-order valence-corrected chi connectivity index (χ1v) is 6.84. The summed E-state index contributed by atoms with van der Waals surface area (Å²) in [6, 6.07) is 14.5. The number of halogens is 1. The van der Waals surface area contributed by atoms with Crippen LogP contribution in [0.15, 0.2) is 48.5 Å². The molecule has 0 fully saturated rings. The Kier molecular flexibility index (Phi) is 5.46. The van der Waals surface area contributed by atoms with Crippen molar-refractivity contribution in [2.24, 2.45) is 0 Å². The van der Waals surface area contributed by atoms with Crippen LogP contribution >= 0.6 is 11.6 Å². The van der Waals surface area contributed by atoms with Crippen LogP contribution in [0.1, 0.15) is 5.56 Å². The molecule has 0 unspecified atom stereocenters. The molecular formula is C16H16ClNO3. The molecule has 0 heterocycles. The molecule has 0 aliphatic rings. The van der Waals surface area contributed by atoms with E-state index < -0.39 is 0 Å². The fraction of sp³-hybridized carbons (Fsp3) is 0.188. The van der Waals surface area contributed by atoms with Gasteiger partial charge in [-0.15, -0.1) is 0 Å². The zero-order valence-corrected chi connectivity index (χ0v) is 12.4. The van der Waals surface area contributed by atoms with Crippen LogP contribution in [-0.2, 0) is 11.3 Å². The van der Waals surface area contributed by atoms with Gasteiger partial charge in [0.25, 0.3) is 5.91 Å². The number of amides is 1. The van der Waals surface area contributed by atoms with E-state index in [-0.39, 0.29) is 12.5 Å². The summed E-state index contributed by atoms with van der Waals surface area (Å²) in [5, 5.41) is 3.45. The normalized spacial score (nSPS) is 10.0. The summed E-state index contributed by atoms with van der Waals surface area (Å²) in [6.45, 7) is 0.374. The lowest BCUT2D eigenvalue weighted by Crippen LogP contribution is -2.28. The maximum Gasteiger partial charge on any atom is 0.258 e. The highest BCUT2D eigenvalue weighted by atomic mass is 35.5. The van der Waals surface area contributed by atoms with Crippen molar-refractivity contribution in [2.75, 3.05) is 13.7 Å². The minimum atomic E-state index is -0.198. The SMILES string of the molecule is COc1ccccc1OCC(=O)NCc1ccc(Cl)cc1. The quantitative estimate of drug-likeness (QED) is 0.892. The number of ether oxygens (including phenoxy) is 2. The molecule has 1 amide bonds.